The number of nitrogens with one attached hydrogen (secondary N) is 1. The molecule has 2 N–H and O–H groups in total. The standard InChI is InChI=1S/C16H24N2O3/c1-12(14-7-5-4-6-8-14)11-17-16(21)13(2)18(3)10-9-15(19)20/h4-8,12-13H,9-11H2,1-3H3,(H,17,21)(H,19,20). The Morgan fingerprint density at radius 1 is 1.24 bits per heavy atom. The van der Waals surface area contributed by atoms with Gasteiger partial charge in [0.15, 0.2) is 0 Å². The zero-order chi connectivity index (χ0) is 15.8. The molecule has 116 valence electrons. The number of amides is 1. The van der Waals surface area contributed by atoms with Crippen LogP contribution in [0.15, 0.2) is 30.3 Å². The van der Waals surface area contributed by atoms with E-state index in [1.54, 1.807) is 18.9 Å². The quantitative estimate of drug-likeness (QED) is 0.765. The number of hydrogen-bond donors (Lipinski definition) is 2. The molecule has 0 spiro atoms. The topological polar surface area (TPSA) is 69.6 Å². The number of benzene rings is 1. The van der Waals surface area contributed by atoms with Crippen LogP contribution in [0.4, 0.5) is 0 Å². The summed E-state index contributed by atoms with van der Waals surface area (Å²) >= 11 is 0. The molecule has 1 amide bonds. The van der Waals surface area contributed by atoms with Crippen molar-refractivity contribution in [1.29, 1.82) is 0 Å². The number of carboxylic acid groups (broad SMARTS) is 1. The largest absolute Gasteiger partial charge is 0.481 e. The molecule has 0 heterocycles. The summed E-state index contributed by atoms with van der Waals surface area (Å²) in [6, 6.07) is 9.67. The minimum atomic E-state index is -0.854. The van der Waals surface area contributed by atoms with Crippen molar-refractivity contribution < 1.29 is 14.7 Å². The van der Waals surface area contributed by atoms with Gasteiger partial charge in [-0.3, -0.25) is 14.5 Å². The fourth-order valence-electron chi connectivity index (χ4n) is 1.97. The molecule has 0 aromatic heterocycles. The van der Waals surface area contributed by atoms with E-state index < -0.39 is 5.97 Å². The lowest BCUT2D eigenvalue weighted by atomic mass is 10.0. The number of carbonyl (C=O) groups is 2. The Labute approximate surface area is 126 Å². The Morgan fingerprint density at radius 2 is 1.86 bits per heavy atom. The molecule has 0 fully saturated rings. The normalized spacial score (nSPS) is 13.7. The van der Waals surface area contributed by atoms with E-state index in [-0.39, 0.29) is 24.3 Å². The maximum absolute atomic E-state index is 12.1. The third kappa shape index (κ3) is 5.95. The van der Waals surface area contributed by atoms with Crippen LogP contribution in [-0.4, -0.2) is 48.1 Å². The summed E-state index contributed by atoms with van der Waals surface area (Å²) in [5.41, 5.74) is 1.18. The second-order valence-electron chi connectivity index (χ2n) is 5.36. The second kappa shape index (κ2) is 8.42. The van der Waals surface area contributed by atoms with Crippen molar-refractivity contribution in [2.24, 2.45) is 0 Å². The average molecular weight is 292 g/mol. The Hall–Kier alpha value is -1.88. The summed E-state index contributed by atoms with van der Waals surface area (Å²) in [6.45, 7) is 4.77. The van der Waals surface area contributed by atoms with Crippen LogP contribution in [0.3, 0.4) is 0 Å². The predicted octanol–water partition coefficient (Wildman–Crippen LogP) is 1.70. The van der Waals surface area contributed by atoms with Gasteiger partial charge < -0.3 is 10.4 Å². The summed E-state index contributed by atoms with van der Waals surface area (Å²) in [6.07, 6.45) is 0.0362. The fourth-order valence-corrected chi connectivity index (χ4v) is 1.97. The van der Waals surface area contributed by atoms with Gasteiger partial charge in [0.25, 0.3) is 0 Å². The molecule has 0 saturated carbocycles. The lowest BCUT2D eigenvalue weighted by Gasteiger charge is -2.24. The number of likely N-dealkylation sites (N-methyl/N-ethyl adjacent to an activating group) is 1. The summed E-state index contributed by atoms with van der Waals surface area (Å²) < 4.78 is 0. The van der Waals surface area contributed by atoms with Gasteiger partial charge >= 0.3 is 5.97 Å². The molecule has 2 atom stereocenters. The maximum Gasteiger partial charge on any atom is 0.304 e. The molecular formula is C16H24N2O3. The number of carbonyl (C=O) groups excluding carboxylic acids is 1. The van der Waals surface area contributed by atoms with E-state index in [0.717, 1.165) is 0 Å². The van der Waals surface area contributed by atoms with Gasteiger partial charge in [-0.1, -0.05) is 37.3 Å². The van der Waals surface area contributed by atoms with Crippen molar-refractivity contribution in [2.45, 2.75) is 32.2 Å². The third-order valence-corrected chi connectivity index (χ3v) is 3.67. The van der Waals surface area contributed by atoms with Crippen LogP contribution in [-0.2, 0) is 9.59 Å². The number of carboxylic acids is 1. The minimum absolute atomic E-state index is 0.0362. The van der Waals surface area contributed by atoms with E-state index in [4.69, 9.17) is 5.11 Å². The van der Waals surface area contributed by atoms with E-state index in [2.05, 4.69) is 12.2 Å². The zero-order valence-corrected chi connectivity index (χ0v) is 12.9. The Bertz CT molecular complexity index is 462. The molecule has 5 heteroatoms. The molecular weight excluding hydrogens is 268 g/mol. The van der Waals surface area contributed by atoms with Gasteiger partial charge in [-0.2, -0.15) is 0 Å². The van der Waals surface area contributed by atoms with Crippen molar-refractivity contribution in [3.8, 4) is 0 Å². The molecule has 21 heavy (non-hydrogen) atoms. The molecule has 0 saturated heterocycles. The molecule has 5 nitrogen and oxygen atoms in total. The van der Waals surface area contributed by atoms with E-state index in [1.807, 2.05) is 30.3 Å². The number of nitrogens with zero attached hydrogens (tertiary/aromatic N) is 1. The van der Waals surface area contributed by atoms with Gasteiger partial charge in [0.05, 0.1) is 12.5 Å². The Balaban J connectivity index is 2.40. The van der Waals surface area contributed by atoms with Crippen LogP contribution >= 0.6 is 0 Å². The molecule has 0 radical (unpaired) electrons. The number of hydrogen-bond acceptors (Lipinski definition) is 3. The molecule has 0 aliphatic carbocycles. The smallest absolute Gasteiger partial charge is 0.304 e. The maximum atomic E-state index is 12.1. The Morgan fingerprint density at radius 3 is 2.43 bits per heavy atom. The van der Waals surface area contributed by atoms with Crippen LogP contribution < -0.4 is 5.32 Å². The molecule has 0 aliphatic rings. The van der Waals surface area contributed by atoms with E-state index in [9.17, 15) is 9.59 Å². The first-order valence-corrected chi connectivity index (χ1v) is 7.16. The zero-order valence-electron chi connectivity index (χ0n) is 12.9. The third-order valence-electron chi connectivity index (χ3n) is 3.67. The first kappa shape index (κ1) is 17.2. The molecule has 0 bridgehead atoms. The van der Waals surface area contributed by atoms with Gasteiger partial charge in [0.1, 0.15) is 0 Å². The summed E-state index contributed by atoms with van der Waals surface area (Å²) in [5, 5.41) is 11.6. The lowest BCUT2D eigenvalue weighted by Crippen LogP contribution is -2.44. The highest BCUT2D eigenvalue weighted by atomic mass is 16.4. The summed E-state index contributed by atoms with van der Waals surface area (Å²) in [5.74, 6) is -0.690. The van der Waals surface area contributed by atoms with E-state index >= 15 is 0 Å². The monoisotopic (exact) mass is 292 g/mol. The van der Waals surface area contributed by atoms with Crippen LogP contribution in [0.5, 0.6) is 0 Å². The van der Waals surface area contributed by atoms with Crippen LogP contribution in [0.25, 0.3) is 0 Å². The van der Waals surface area contributed by atoms with Crippen LogP contribution in [0, 0.1) is 0 Å². The SMILES string of the molecule is CC(CNC(=O)C(C)N(C)CCC(=O)O)c1ccccc1. The highest BCUT2D eigenvalue weighted by molar-refractivity contribution is 5.81. The lowest BCUT2D eigenvalue weighted by molar-refractivity contribution is -0.138. The minimum Gasteiger partial charge on any atom is -0.481 e. The van der Waals surface area contributed by atoms with Gasteiger partial charge in [-0.05, 0) is 25.5 Å². The molecule has 1 rings (SSSR count). The van der Waals surface area contributed by atoms with Crippen molar-refractivity contribution in [3.63, 3.8) is 0 Å². The van der Waals surface area contributed by atoms with Crippen LogP contribution in [0.2, 0.25) is 0 Å². The number of aliphatic carboxylic acids is 1. The Kier molecular flexibility index (Phi) is 6.88. The van der Waals surface area contributed by atoms with Crippen molar-refractivity contribution in [1.82, 2.24) is 10.2 Å². The van der Waals surface area contributed by atoms with Crippen molar-refractivity contribution in [2.75, 3.05) is 20.1 Å². The molecule has 2 unspecified atom stereocenters. The highest BCUT2D eigenvalue weighted by Crippen LogP contribution is 2.13. The van der Waals surface area contributed by atoms with Crippen molar-refractivity contribution >= 4 is 11.9 Å². The second-order valence-corrected chi connectivity index (χ2v) is 5.36. The van der Waals surface area contributed by atoms with E-state index in [0.29, 0.717) is 13.1 Å². The predicted molar refractivity (Wildman–Crippen MR) is 82.2 cm³/mol. The van der Waals surface area contributed by atoms with E-state index in [1.165, 1.54) is 5.56 Å². The first-order valence-electron chi connectivity index (χ1n) is 7.16. The highest BCUT2D eigenvalue weighted by Gasteiger charge is 2.19. The van der Waals surface area contributed by atoms with Gasteiger partial charge in [0, 0.05) is 13.1 Å². The summed E-state index contributed by atoms with van der Waals surface area (Å²) in [4.78, 5) is 24.4. The molecule has 0 aliphatic heterocycles. The summed E-state index contributed by atoms with van der Waals surface area (Å²) in [7, 11) is 1.76. The van der Waals surface area contributed by atoms with Gasteiger partial charge in [0.2, 0.25) is 5.91 Å². The average Bonchev–Trinajstić information content (AvgIpc) is 2.49. The van der Waals surface area contributed by atoms with Crippen molar-refractivity contribution in [3.05, 3.63) is 35.9 Å². The van der Waals surface area contributed by atoms with Gasteiger partial charge in [-0.15, -0.1) is 0 Å². The molecule has 1 aromatic carbocycles. The van der Waals surface area contributed by atoms with Crippen LogP contribution in [0.1, 0.15) is 31.7 Å². The van der Waals surface area contributed by atoms with Gasteiger partial charge in [-0.25, -0.2) is 0 Å². The number of rotatable bonds is 8. The molecule has 1 aromatic rings. The first-order chi connectivity index (χ1) is 9.91. The fraction of sp³-hybridized carbons (Fsp3) is 0.500.